The van der Waals surface area contributed by atoms with Crippen LogP contribution in [0.25, 0.3) is 0 Å². The molecule has 0 aliphatic rings. The minimum Gasteiger partial charge on any atom is -0.494 e. The number of esters is 1. The number of amides is 1. The molecule has 2 aromatic carbocycles. The van der Waals surface area contributed by atoms with Crippen LogP contribution in [0.15, 0.2) is 64.2 Å². The number of hydrogen-bond donors (Lipinski definition) is 2. The van der Waals surface area contributed by atoms with Gasteiger partial charge < -0.3 is 24.8 Å². The molecule has 0 spiro atoms. The number of carbonyl (C=O) groups is 2. The van der Waals surface area contributed by atoms with Crippen LogP contribution in [-0.2, 0) is 20.9 Å². The molecule has 0 aliphatic heterocycles. The van der Waals surface area contributed by atoms with E-state index in [1.54, 1.807) is 55.5 Å². The number of nitrogens with zero attached hydrogens (tertiary/aromatic N) is 2. The summed E-state index contributed by atoms with van der Waals surface area (Å²) in [5.41, 5.74) is 5.22. The number of hydrogen-bond acceptors (Lipinski definition) is 8. The van der Waals surface area contributed by atoms with E-state index in [1.807, 2.05) is 13.0 Å². The highest BCUT2D eigenvalue weighted by molar-refractivity contribution is 5.97. The first kappa shape index (κ1) is 26.1. The third kappa shape index (κ3) is 6.53. The van der Waals surface area contributed by atoms with Crippen molar-refractivity contribution < 1.29 is 23.8 Å². The molecule has 3 N–H and O–H groups in total. The Hall–Kier alpha value is -4.54. The fraction of sp³-hybridized carbons (Fsp3) is 0.280. The van der Waals surface area contributed by atoms with E-state index in [4.69, 9.17) is 19.9 Å². The molecule has 0 fully saturated rings. The molecular formula is C25H28N4O7. The number of likely N-dealkylation sites (N-methyl/N-ethyl adjacent to an activating group) is 1. The third-order valence-electron chi connectivity index (χ3n) is 5.13. The van der Waals surface area contributed by atoms with Crippen molar-refractivity contribution in [1.29, 1.82) is 0 Å². The van der Waals surface area contributed by atoms with Gasteiger partial charge in [0, 0.05) is 6.54 Å². The minimum absolute atomic E-state index is 0.0515. The first-order valence-electron chi connectivity index (χ1n) is 11.3. The lowest BCUT2D eigenvalue weighted by atomic mass is 10.2. The second-order valence-electron chi connectivity index (χ2n) is 7.56. The summed E-state index contributed by atoms with van der Waals surface area (Å²) in [4.78, 5) is 53.1. The Bertz CT molecular complexity index is 1300. The van der Waals surface area contributed by atoms with Crippen LogP contribution in [0.1, 0.15) is 19.4 Å². The maximum atomic E-state index is 12.8. The average molecular weight is 497 g/mol. The van der Waals surface area contributed by atoms with Crippen LogP contribution < -0.4 is 31.4 Å². The van der Waals surface area contributed by atoms with Gasteiger partial charge in [-0.15, -0.1) is 0 Å². The highest BCUT2D eigenvalue weighted by Crippen LogP contribution is 2.19. The second-order valence-corrected chi connectivity index (χ2v) is 7.56. The Kier molecular flexibility index (Phi) is 8.87. The van der Waals surface area contributed by atoms with Gasteiger partial charge in [0.05, 0.1) is 13.2 Å². The molecule has 3 rings (SSSR count). The third-order valence-corrected chi connectivity index (χ3v) is 5.13. The van der Waals surface area contributed by atoms with Gasteiger partial charge in [-0.3, -0.25) is 19.1 Å². The van der Waals surface area contributed by atoms with Crippen LogP contribution in [0.5, 0.6) is 11.5 Å². The smallest absolute Gasteiger partial charge is 0.344 e. The summed E-state index contributed by atoms with van der Waals surface area (Å²) in [6.07, 6.45) is 0. The Morgan fingerprint density at radius 3 is 2.19 bits per heavy atom. The molecule has 0 saturated carbocycles. The van der Waals surface area contributed by atoms with E-state index in [-0.39, 0.29) is 24.6 Å². The molecule has 1 heterocycles. The number of nitrogens with two attached hydrogens (primary N) is 1. The first-order chi connectivity index (χ1) is 17.3. The average Bonchev–Trinajstić information content (AvgIpc) is 2.88. The molecule has 0 atom stereocenters. The number of H-pyrrole nitrogens is 1. The van der Waals surface area contributed by atoms with Crippen molar-refractivity contribution in [3.8, 4) is 11.5 Å². The van der Waals surface area contributed by atoms with Crippen molar-refractivity contribution in [3.05, 3.63) is 81.0 Å². The van der Waals surface area contributed by atoms with Crippen LogP contribution >= 0.6 is 0 Å². The van der Waals surface area contributed by atoms with E-state index in [0.717, 1.165) is 10.5 Å². The fourth-order valence-electron chi connectivity index (χ4n) is 3.42. The van der Waals surface area contributed by atoms with Gasteiger partial charge in [-0.2, -0.15) is 0 Å². The lowest BCUT2D eigenvalue weighted by molar-refractivity contribution is -0.149. The van der Waals surface area contributed by atoms with Gasteiger partial charge in [0.15, 0.2) is 18.9 Å². The van der Waals surface area contributed by atoms with Crippen molar-refractivity contribution in [3.63, 3.8) is 0 Å². The van der Waals surface area contributed by atoms with Gasteiger partial charge in [-0.25, -0.2) is 9.59 Å². The molecule has 0 unspecified atom stereocenters. The van der Waals surface area contributed by atoms with Gasteiger partial charge in [0.1, 0.15) is 17.3 Å². The first-order valence-corrected chi connectivity index (χ1v) is 11.3. The Labute approximate surface area is 207 Å². The quantitative estimate of drug-likeness (QED) is 0.380. The van der Waals surface area contributed by atoms with E-state index in [1.165, 1.54) is 4.57 Å². The van der Waals surface area contributed by atoms with Gasteiger partial charge in [0.2, 0.25) is 0 Å². The largest absolute Gasteiger partial charge is 0.494 e. The molecule has 0 aliphatic carbocycles. The van der Waals surface area contributed by atoms with Crippen LogP contribution in [0, 0.1) is 0 Å². The van der Waals surface area contributed by atoms with Crippen LogP contribution in [-0.4, -0.2) is 47.8 Å². The molecular weight excluding hydrogens is 468 g/mol. The predicted octanol–water partition coefficient (Wildman–Crippen LogP) is 1.54. The summed E-state index contributed by atoms with van der Waals surface area (Å²) < 4.78 is 16.9. The maximum Gasteiger partial charge on any atom is 0.344 e. The van der Waals surface area contributed by atoms with E-state index >= 15 is 0 Å². The summed E-state index contributed by atoms with van der Waals surface area (Å²) in [6, 6.07) is 15.7. The number of nitrogens with one attached hydrogen (secondary N) is 1. The molecule has 11 heteroatoms. The molecule has 0 bridgehead atoms. The normalized spacial score (nSPS) is 10.5. The van der Waals surface area contributed by atoms with Crippen LogP contribution in [0.3, 0.4) is 0 Å². The van der Waals surface area contributed by atoms with Crippen molar-refractivity contribution in [2.45, 2.75) is 20.4 Å². The van der Waals surface area contributed by atoms with Gasteiger partial charge in [-0.05, 0) is 43.7 Å². The van der Waals surface area contributed by atoms with Gasteiger partial charge in [-0.1, -0.05) is 30.3 Å². The van der Waals surface area contributed by atoms with E-state index in [0.29, 0.717) is 18.1 Å². The summed E-state index contributed by atoms with van der Waals surface area (Å²) in [7, 11) is 0. The Morgan fingerprint density at radius 2 is 1.58 bits per heavy atom. The second kappa shape index (κ2) is 12.2. The van der Waals surface area contributed by atoms with E-state index in [9.17, 15) is 19.2 Å². The molecule has 11 nitrogen and oxygen atoms in total. The highest BCUT2D eigenvalue weighted by atomic mass is 16.6. The molecule has 36 heavy (non-hydrogen) atoms. The maximum absolute atomic E-state index is 12.8. The molecule has 0 saturated heterocycles. The standard InChI is InChI=1S/C25H28N4O7/c1-3-28(20(30)15-36-21(31)16-35-19-12-10-18(11-13-19)34-4-2)22-23(26)29(25(33)27-24(22)32)14-17-8-6-5-7-9-17/h5-13H,3-4,14-16,26H2,1-2H3,(H,27,32,33). The number of aromatic nitrogens is 2. The number of ether oxygens (including phenoxy) is 3. The lowest BCUT2D eigenvalue weighted by Gasteiger charge is -2.23. The zero-order chi connectivity index (χ0) is 26.1. The topological polar surface area (TPSA) is 146 Å². The Morgan fingerprint density at radius 1 is 0.944 bits per heavy atom. The monoisotopic (exact) mass is 496 g/mol. The number of rotatable bonds is 11. The predicted molar refractivity (Wildman–Crippen MR) is 133 cm³/mol. The van der Waals surface area contributed by atoms with Crippen molar-refractivity contribution in [2.75, 3.05) is 37.0 Å². The Balaban J connectivity index is 1.66. The number of benzene rings is 2. The molecule has 3 aromatic rings. The van der Waals surface area contributed by atoms with E-state index in [2.05, 4.69) is 4.98 Å². The molecule has 1 amide bonds. The van der Waals surface area contributed by atoms with Crippen molar-refractivity contribution in [1.82, 2.24) is 9.55 Å². The van der Waals surface area contributed by atoms with Crippen molar-refractivity contribution >= 4 is 23.4 Å². The summed E-state index contributed by atoms with van der Waals surface area (Å²) in [5.74, 6) is -0.537. The zero-order valence-electron chi connectivity index (χ0n) is 20.1. The summed E-state index contributed by atoms with van der Waals surface area (Å²) >= 11 is 0. The zero-order valence-corrected chi connectivity index (χ0v) is 20.1. The van der Waals surface area contributed by atoms with Gasteiger partial charge >= 0.3 is 11.7 Å². The molecule has 0 radical (unpaired) electrons. The number of carbonyl (C=O) groups excluding carboxylic acids is 2. The highest BCUT2D eigenvalue weighted by Gasteiger charge is 2.24. The van der Waals surface area contributed by atoms with Gasteiger partial charge in [0.25, 0.3) is 11.5 Å². The number of aromatic amines is 1. The summed E-state index contributed by atoms with van der Waals surface area (Å²) in [6.45, 7) is 3.11. The lowest BCUT2D eigenvalue weighted by Crippen LogP contribution is -2.42. The molecule has 1 aromatic heterocycles. The SMILES string of the molecule is CCOc1ccc(OCC(=O)OCC(=O)N(CC)c2c(N)n(Cc3ccccc3)c(=O)[nH]c2=O)cc1. The summed E-state index contributed by atoms with van der Waals surface area (Å²) in [5, 5.41) is 0. The fourth-order valence-corrected chi connectivity index (χ4v) is 3.42. The minimum atomic E-state index is -0.817. The van der Waals surface area contributed by atoms with Crippen LogP contribution in [0.2, 0.25) is 0 Å². The number of anilines is 2. The number of nitrogen functional groups attached to an aromatic ring is 1. The van der Waals surface area contributed by atoms with Crippen molar-refractivity contribution in [2.24, 2.45) is 0 Å². The molecule has 190 valence electrons. The van der Waals surface area contributed by atoms with E-state index < -0.39 is 36.3 Å². The van der Waals surface area contributed by atoms with Crippen LogP contribution in [0.4, 0.5) is 11.5 Å².